The molecule has 0 aliphatic heterocycles. The van der Waals surface area contributed by atoms with Gasteiger partial charge in [0.25, 0.3) is 0 Å². The fourth-order valence-electron chi connectivity index (χ4n) is 2.18. The van der Waals surface area contributed by atoms with E-state index >= 15 is 0 Å². The lowest BCUT2D eigenvalue weighted by Gasteiger charge is -2.15. The first-order valence-electron chi connectivity index (χ1n) is 7.62. The molecule has 1 atom stereocenters. The predicted molar refractivity (Wildman–Crippen MR) is 97.6 cm³/mol. The smallest absolute Gasteiger partial charge is 0.226 e. The molecule has 0 aliphatic rings. The average molecular weight is 369 g/mol. The third-order valence-electron chi connectivity index (χ3n) is 3.39. The predicted octanol–water partition coefficient (Wildman–Crippen LogP) is 3.30. The summed E-state index contributed by atoms with van der Waals surface area (Å²) in [5, 5.41) is 2.65. The number of hydrogen-bond acceptors (Lipinski definition) is 4. The molecule has 0 saturated carbocycles. The van der Waals surface area contributed by atoms with E-state index < -0.39 is 11.9 Å². The molecule has 2 aromatic rings. The second-order valence-electron chi connectivity index (χ2n) is 5.25. The third-order valence-corrected chi connectivity index (χ3v) is 3.39. The maximum atomic E-state index is 13.5. The number of methoxy groups -OCH3 is 1. The molecule has 3 N–H and O–H groups in total. The van der Waals surface area contributed by atoms with E-state index in [-0.39, 0.29) is 30.4 Å². The van der Waals surface area contributed by atoms with E-state index in [1.165, 1.54) is 18.2 Å². The van der Waals surface area contributed by atoms with E-state index in [2.05, 4.69) is 5.32 Å². The number of ether oxygens (including phenoxy) is 2. The molecule has 5 nitrogen and oxygen atoms in total. The van der Waals surface area contributed by atoms with Crippen LogP contribution >= 0.6 is 12.4 Å². The van der Waals surface area contributed by atoms with Crippen LogP contribution in [0.1, 0.15) is 18.0 Å². The summed E-state index contributed by atoms with van der Waals surface area (Å²) >= 11 is 0. The minimum absolute atomic E-state index is 0. The summed E-state index contributed by atoms with van der Waals surface area (Å²) in [5.41, 5.74) is 7.17. The van der Waals surface area contributed by atoms with Gasteiger partial charge in [0.15, 0.2) is 0 Å². The van der Waals surface area contributed by atoms with Gasteiger partial charge < -0.3 is 20.5 Å². The summed E-state index contributed by atoms with van der Waals surface area (Å²) in [6, 6.07) is 12.9. The fraction of sp³-hybridized carbons (Fsp3) is 0.278. The highest BCUT2D eigenvalue weighted by atomic mass is 35.5. The number of nitrogens with one attached hydrogen (secondary N) is 1. The van der Waals surface area contributed by atoms with E-state index in [0.29, 0.717) is 19.0 Å². The molecule has 0 aliphatic carbocycles. The van der Waals surface area contributed by atoms with Crippen molar-refractivity contribution in [2.45, 2.75) is 12.5 Å². The van der Waals surface area contributed by atoms with Gasteiger partial charge in [-0.15, -0.1) is 12.4 Å². The molecule has 0 saturated heterocycles. The molecular formula is C18H22ClFN2O3. The number of carbonyl (C=O) groups excluding carboxylic acids is 1. The standard InChI is InChI=1S/C18H21FN2O3.ClH/c1-23-9-10-24-17-8-7-14(19)11-16(17)21-18(22)12-15(20)13-5-3-2-4-6-13;/h2-8,11,15H,9-10,12,20H2,1H3,(H,21,22);1H. The monoisotopic (exact) mass is 368 g/mol. The van der Waals surface area contributed by atoms with Crippen molar-refractivity contribution >= 4 is 24.0 Å². The van der Waals surface area contributed by atoms with Crippen molar-refractivity contribution in [3.63, 3.8) is 0 Å². The molecule has 1 unspecified atom stereocenters. The number of hydrogen-bond donors (Lipinski definition) is 2. The number of benzene rings is 2. The van der Waals surface area contributed by atoms with Crippen molar-refractivity contribution < 1.29 is 18.7 Å². The van der Waals surface area contributed by atoms with E-state index in [9.17, 15) is 9.18 Å². The molecule has 136 valence electrons. The van der Waals surface area contributed by atoms with Crippen LogP contribution in [0.5, 0.6) is 5.75 Å². The number of nitrogens with two attached hydrogens (primary N) is 1. The van der Waals surface area contributed by atoms with Crippen LogP contribution < -0.4 is 15.8 Å². The highest BCUT2D eigenvalue weighted by molar-refractivity contribution is 5.92. The first kappa shape index (κ1) is 20.9. The lowest BCUT2D eigenvalue weighted by Crippen LogP contribution is -2.21. The van der Waals surface area contributed by atoms with Crippen LogP contribution in [0.15, 0.2) is 48.5 Å². The number of anilines is 1. The Bertz CT molecular complexity index is 671. The number of amides is 1. The Morgan fingerprint density at radius 2 is 1.92 bits per heavy atom. The van der Waals surface area contributed by atoms with Gasteiger partial charge in [0, 0.05) is 25.6 Å². The Morgan fingerprint density at radius 3 is 2.60 bits per heavy atom. The normalized spacial score (nSPS) is 11.3. The van der Waals surface area contributed by atoms with Crippen molar-refractivity contribution in [3.05, 3.63) is 59.9 Å². The van der Waals surface area contributed by atoms with Crippen molar-refractivity contribution in [1.29, 1.82) is 0 Å². The molecule has 2 aromatic carbocycles. The second-order valence-corrected chi connectivity index (χ2v) is 5.25. The largest absolute Gasteiger partial charge is 0.489 e. The summed E-state index contributed by atoms with van der Waals surface area (Å²) in [4.78, 5) is 12.2. The van der Waals surface area contributed by atoms with Crippen LogP contribution in [0.2, 0.25) is 0 Å². The molecule has 0 bridgehead atoms. The molecule has 25 heavy (non-hydrogen) atoms. The Kier molecular flexibility index (Phi) is 8.91. The third kappa shape index (κ3) is 6.70. The second kappa shape index (κ2) is 10.7. The quantitative estimate of drug-likeness (QED) is 0.701. The Labute approximate surface area is 152 Å². The van der Waals surface area contributed by atoms with Crippen LogP contribution in [-0.2, 0) is 9.53 Å². The Morgan fingerprint density at radius 1 is 1.20 bits per heavy atom. The average Bonchev–Trinajstić information content (AvgIpc) is 2.57. The van der Waals surface area contributed by atoms with Crippen molar-refractivity contribution in [1.82, 2.24) is 0 Å². The van der Waals surface area contributed by atoms with Crippen molar-refractivity contribution in [2.75, 3.05) is 25.6 Å². The van der Waals surface area contributed by atoms with Gasteiger partial charge in [0.2, 0.25) is 5.91 Å². The van der Waals surface area contributed by atoms with Gasteiger partial charge in [-0.1, -0.05) is 30.3 Å². The molecule has 0 fully saturated rings. The zero-order chi connectivity index (χ0) is 17.4. The Balaban J connectivity index is 0.00000312. The van der Waals surface area contributed by atoms with Gasteiger partial charge in [-0.2, -0.15) is 0 Å². The molecule has 7 heteroatoms. The summed E-state index contributed by atoms with van der Waals surface area (Å²) in [5.74, 6) is -0.389. The van der Waals surface area contributed by atoms with Gasteiger partial charge >= 0.3 is 0 Å². The summed E-state index contributed by atoms with van der Waals surface area (Å²) < 4.78 is 23.8. The van der Waals surface area contributed by atoms with Crippen LogP contribution in [0, 0.1) is 5.82 Å². The van der Waals surface area contributed by atoms with Gasteiger partial charge in [-0.3, -0.25) is 4.79 Å². The zero-order valence-electron chi connectivity index (χ0n) is 13.9. The summed E-state index contributed by atoms with van der Waals surface area (Å²) in [6.45, 7) is 0.693. The highest BCUT2D eigenvalue weighted by Gasteiger charge is 2.14. The molecule has 2 rings (SSSR count). The van der Waals surface area contributed by atoms with Crippen LogP contribution in [-0.4, -0.2) is 26.2 Å². The van der Waals surface area contributed by atoms with Crippen LogP contribution in [0.25, 0.3) is 0 Å². The molecule has 1 amide bonds. The maximum Gasteiger partial charge on any atom is 0.226 e. The minimum atomic E-state index is -0.461. The summed E-state index contributed by atoms with van der Waals surface area (Å²) in [6.07, 6.45) is 0.0814. The SMILES string of the molecule is COCCOc1ccc(F)cc1NC(=O)CC(N)c1ccccc1.Cl. The topological polar surface area (TPSA) is 73.6 Å². The van der Waals surface area contributed by atoms with E-state index in [1.807, 2.05) is 30.3 Å². The lowest BCUT2D eigenvalue weighted by atomic mass is 10.0. The number of halogens is 2. The lowest BCUT2D eigenvalue weighted by molar-refractivity contribution is -0.116. The van der Waals surface area contributed by atoms with E-state index in [4.69, 9.17) is 15.2 Å². The molecule has 0 radical (unpaired) electrons. The Hall–Kier alpha value is -2.15. The van der Waals surface area contributed by atoms with Gasteiger partial charge in [-0.05, 0) is 17.7 Å². The van der Waals surface area contributed by atoms with Crippen molar-refractivity contribution in [2.24, 2.45) is 5.73 Å². The fourth-order valence-corrected chi connectivity index (χ4v) is 2.18. The van der Waals surface area contributed by atoms with Crippen LogP contribution in [0.4, 0.5) is 10.1 Å². The first-order chi connectivity index (χ1) is 11.6. The first-order valence-corrected chi connectivity index (χ1v) is 7.62. The molecular weight excluding hydrogens is 347 g/mol. The van der Waals surface area contributed by atoms with Gasteiger partial charge in [-0.25, -0.2) is 4.39 Å². The van der Waals surface area contributed by atoms with Gasteiger partial charge in [0.05, 0.1) is 12.3 Å². The maximum absolute atomic E-state index is 13.5. The zero-order valence-corrected chi connectivity index (χ0v) is 14.7. The number of carbonyl (C=O) groups is 1. The number of rotatable bonds is 8. The van der Waals surface area contributed by atoms with E-state index in [0.717, 1.165) is 5.56 Å². The molecule has 0 aromatic heterocycles. The van der Waals surface area contributed by atoms with E-state index in [1.54, 1.807) is 7.11 Å². The van der Waals surface area contributed by atoms with Crippen LogP contribution in [0.3, 0.4) is 0 Å². The molecule has 0 heterocycles. The summed E-state index contributed by atoms with van der Waals surface area (Å²) in [7, 11) is 1.56. The molecule has 0 spiro atoms. The minimum Gasteiger partial charge on any atom is -0.489 e. The highest BCUT2D eigenvalue weighted by Crippen LogP contribution is 2.26. The van der Waals surface area contributed by atoms with Crippen molar-refractivity contribution in [3.8, 4) is 5.75 Å². The van der Waals surface area contributed by atoms with Gasteiger partial charge in [0.1, 0.15) is 18.2 Å².